The number of carbonyl (C=O) groups is 1. The first kappa shape index (κ1) is 24.5. The van der Waals surface area contributed by atoms with Crippen molar-refractivity contribution < 1.29 is 41.2 Å². The molecule has 2 rings (SSSR count). The van der Waals surface area contributed by atoms with Gasteiger partial charge >= 0.3 is 29.7 Å². The number of nitrogens with one attached hydrogen (secondary N) is 2. The second kappa shape index (κ2) is 9.61. The van der Waals surface area contributed by atoms with E-state index < -0.39 is 66.6 Å². The minimum atomic E-state index is -4.79. The van der Waals surface area contributed by atoms with Crippen molar-refractivity contribution in [2.45, 2.75) is 31.7 Å². The average molecular weight is 484 g/mol. The Bertz CT molecular complexity index is 1150. The molecule has 0 unspecified atom stereocenters. The number of ether oxygens (including phenoxy) is 2. The number of aromatic amines is 1. The first-order valence-corrected chi connectivity index (χ1v) is 11.4. The van der Waals surface area contributed by atoms with Gasteiger partial charge < -0.3 is 19.3 Å². The fourth-order valence-electron chi connectivity index (χ4n) is 2.48. The van der Waals surface area contributed by atoms with Crippen molar-refractivity contribution in [3.63, 3.8) is 0 Å². The standard InChI is InChI=1S/C12H17N6O11PS/c1-6-3-18(11(20)14-10(6)19)9-2-7(15-17-13)8(29-9)4-28-31(25,26)16-12(21)27-5-30(22,23)24/h3,7-9H,2,4-5H2,1H3,(H,16,21)(H,14,19,20)(H2,22,23,24)/t7-,8+,9+/m0/s1. The van der Waals surface area contributed by atoms with Gasteiger partial charge in [-0.2, -0.15) is 13.1 Å². The molecule has 2 heterocycles. The van der Waals surface area contributed by atoms with Gasteiger partial charge in [-0.1, -0.05) is 5.11 Å². The summed E-state index contributed by atoms with van der Waals surface area (Å²) in [6.07, 6.45) is -4.07. The molecule has 0 bridgehead atoms. The highest BCUT2D eigenvalue weighted by atomic mass is 32.2. The van der Waals surface area contributed by atoms with Gasteiger partial charge in [0.05, 0.1) is 18.8 Å². The first-order chi connectivity index (χ1) is 14.3. The molecule has 1 saturated heterocycles. The molecule has 1 aromatic rings. The second-order valence-corrected chi connectivity index (χ2v) is 9.12. The molecule has 172 valence electrons. The van der Waals surface area contributed by atoms with Crippen LogP contribution in [0.15, 0.2) is 20.9 Å². The first-order valence-electron chi connectivity index (χ1n) is 8.21. The highest BCUT2D eigenvalue weighted by Crippen LogP contribution is 2.34. The van der Waals surface area contributed by atoms with Gasteiger partial charge in [0.1, 0.15) is 6.23 Å². The Hall–Kier alpha value is -2.72. The van der Waals surface area contributed by atoms with Crippen LogP contribution in [0.1, 0.15) is 18.2 Å². The van der Waals surface area contributed by atoms with Crippen LogP contribution in [-0.4, -0.2) is 58.9 Å². The average Bonchev–Trinajstić information content (AvgIpc) is 3.03. The number of H-pyrrole nitrogens is 1. The van der Waals surface area contributed by atoms with Gasteiger partial charge in [0.15, 0.2) is 6.35 Å². The van der Waals surface area contributed by atoms with Gasteiger partial charge in [-0.15, -0.1) is 0 Å². The number of hydrogen-bond acceptors (Lipinski definition) is 10. The molecule has 1 aliphatic heterocycles. The lowest BCUT2D eigenvalue weighted by Gasteiger charge is -2.17. The maximum Gasteiger partial charge on any atom is 0.423 e. The molecule has 0 spiro atoms. The lowest BCUT2D eigenvalue weighted by molar-refractivity contribution is -0.0217. The molecule has 17 nitrogen and oxygen atoms in total. The molecule has 0 aromatic carbocycles. The van der Waals surface area contributed by atoms with E-state index in [1.54, 1.807) is 0 Å². The minimum Gasteiger partial charge on any atom is -0.436 e. The third-order valence-electron chi connectivity index (χ3n) is 3.82. The molecule has 0 aliphatic carbocycles. The topological polar surface area (TPSA) is 252 Å². The molecule has 1 aliphatic rings. The van der Waals surface area contributed by atoms with E-state index in [9.17, 15) is 27.4 Å². The Kier molecular flexibility index (Phi) is 7.61. The van der Waals surface area contributed by atoms with E-state index in [0.717, 1.165) is 4.57 Å². The number of hydrogen-bond donors (Lipinski definition) is 4. The smallest absolute Gasteiger partial charge is 0.423 e. The van der Waals surface area contributed by atoms with E-state index in [2.05, 4.69) is 23.9 Å². The molecule has 0 radical (unpaired) electrons. The minimum absolute atomic E-state index is 0.0543. The molecule has 1 aromatic heterocycles. The van der Waals surface area contributed by atoms with Crippen LogP contribution in [0, 0.1) is 6.92 Å². The fourth-order valence-corrected chi connectivity index (χ4v) is 3.40. The molecule has 31 heavy (non-hydrogen) atoms. The van der Waals surface area contributed by atoms with Crippen molar-refractivity contribution in [3.05, 3.63) is 43.0 Å². The SMILES string of the molecule is Cc1cn([C@H]2C[C@H](N=[N+]=[N-])[C@@H](COS(=O)(=O)NC(=O)OCP(=O)(O)O)O2)c(=O)[nH]c1=O. The Balaban J connectivity index is 2.06. The van der Waals surface area contributed by atoms with Crippen molar-refractivity contribution in [2.75, 3.05) is 13.0 Å². The van der Waals surface area contributed by atoms with Crippen LogP contribution >= 0.6 is 7.60 Å². The zero-order valence-electron chi connectivity index (χ0n) is 15.6. The molecule has 3 atom stereocenters. The Labute approximate surface area is 173 Å². The van der Waals surface area contributed by atoms with E-state index in [1.165, 1.54) is 17.8 Å². The van der Waals surface area contributed by atoms with Crippen molar-refractivity contribution in [2.24, 2.45) is 5.11 Å². The predicted molar refractivity (Wildman–Crippen MR) is 98.9 cm³/mol. The van der Waals surface area contributed by atoms with Crippen LogP contribution in [0.5, 0.6) is 0 Å². The van der Waals surface area contributed by atoms with Gasteiger partial charge in [-0.05, 0) is 12.5 Å². The van der Waals surface area contributed by atoms with Crippen LogP contribution in [-0.2, 0) is 28.5 Å². The summed E-state index contributed by atoms with van der Waals surface area (Å²) in [5, 5.41) is 3.46. The Morgan fingerprint density at radius 3 is 2.81 bits per heavy atom. The third-order valence-corrected chi connectivity index (χ3v) is 5.15. The highest BCUT2D eigenvalue weighted by Gasteiger charge is 2.37. The zero-order chi connectivity index (χ0) is 23.4. The van der Waals surface area contributed by atoms with E-state index in [0.29, 0.717) is 0 Å². The van der Waals surface area contributed by atoms with Gasteiger partial charge in [0.2, 0.25) is 0 Å². The maximum absolute atomic E-state index is 12.0. The zero-order valence-corrected chi connectivity index (χ0v) is 17.4. The molecule has 4 N–H and O–H groups in total. The van der Waals surface area contributed by atoms with Crippen molar-refractivity contribution >= 4 is 24.0 Å². The van der Waals surface area contributed by atoms with Crippen molar-refractivity contribution in [1.82, 2.24) is 14.3 Å². The van der Waals surface area contributed by atoms with Gasteiger partial charge in [0.25, 0.3) is 5.56 Å². The third kappa shape index (κ3) is 7.18. The van der Waals surface area contributed by atoms with Gasteiger partial charge in [0, 0.05) is 23.1 Å². The number of azide groups is 1. The van der Waals surface area contributed by atoms with Crippen LogP contribution in [0.3, 0.4) is 0 Å². The predicted octanol–water partition coefficient (Wildman–Crippen LogP) is -1.07. The molecule has 1 amide bonds. The van der Waals surface area contributed by atoms with Crippen molar-refractivity contribution in [1.29, 1.82) is 0 Å². The van der Waals surface area contributed by atoms with Crippen LogP contribution in [0.4, 0.5) is 4.79 Å². The lowest BCUT2D eigenvalue weighted by atomic mass is 10.1. The van der Waals surface area contributed by atoms with Crippen LogP contribution in [0.25, 0.3) is 10.4 Å². The number of aromatic nitrogens is 2. The summed E-state index contributed by atoms with van der Waals surface area (Å²) >= 11 is 0. The van der Waals surface area contributed by atoms with Crippen molar-refractivity contribution in [3.8, 4) is 0 Å². The van der Waals surface area contributed by atoms with Gasteiger partial charge in [-0.3, -0.25) is 23.1 Å². The lowest BCUT2D eigenvalue weighted by Crippen LogP contribution is -2.36. The number of carbonyl (C=O) groups excluding carboxylic acids is 1. The summed E-state index contributed by atoms with van der Waals surface area (Å²) in [5.74, 6) is 0. The normalized spacial score (nSPS) is 21.3. The van der Waals surface area contributed by atoms with E-state index in [4.69, 9.17) is 20.1 Å². The van der Waals surface area contributed by atoms with Crippen LogP contribution in [0.2, 0.25) is 0 Å². The summed E-state index contributed by atoms with van der Waals surface area (Å²) in [6.45, 7) is 0.692. The molecule has 0 saturated carbocycles. The summed E-state index contributed by atoms with van der Waals surface area (Å²) in [4.78, 5) is 56.7. The largest absolute Gasteiger partial charge is 0.436 e. The molecular weight excluding hydrogens is 467 g/mol. The molecule has 19 heteroatoms. The number of aryl methyl sites for hydroxylation is 1. The second-order valence-electron chi connectivity index (χ2n) is 6.18. The van der Waals surface area contributed by atoms with E-state index in [1.807, 2.05) is 0 Å². The summed E-state index contributed by atoms with van der Waals surface area (Å²) in [7, 11) is -9.50. The van der Waals surface area contributed by atoms with Crippen LogP contribution < -0.4 is 16.0 Å². The number of amides is 1. The van der Waals surface area contributed by atoms with E-state index >= 15 is 0 Å². The monoisotopic (exact) mass is 484 g/mol. The highest BCUT2D eigenvalue weighted by molar-refractivity contribution is 7.85. The fraction of sp³-hybridized carbons (Fsp3) is 0.583. The molecular formula is C12H17N6O11PS. The Morgan fingerprint density at radius 2 is 2.19 bits per heavy atom. The summed E-state index contributed by atoms with van der Waals surface area (Å²) < 4.78 is 50.6. The summed E-state index contributed by atoms with van der Waals surface area (Å²) in [6, 6.07) is -0.967. The Morgan fingerprint density at radius 1 is 1.52 bits per heavy atom. The van der Waals surface area contributed by atoms with Gasteiger partial charge in [-0.25, -0.2) is 9.59 Å². The quantitative estimate of drug-likeness (QED) is 0.150. The molecule has 1 fully saturated rings. The number of nitrogens with zero attached hydrogens (tertiary/aromatic N) is 4. The maximum atomic E-state index is 12.0. The number of rotatable bonds is 8. The van der Waals surface area contributed by atoms with E-state index in [-0.39, 0.29) is 12.0 Å². The summed E-state index contributed by atoms with van der Waals surface area (Å²) in [5.41, 5.74) is 7.49.